The van der Waals surface area contributed by atoms with Gasteiger partial charge in [0.2, 0.25) is 0 Å². The van der Waals surface area contributed by atoms with Gasteiger partial charge >= 0.3 is 12.4 Å². The molecule has 3 aromatic carbocycles. The first kappa shape index (κ1) is 30.5. The van der Waals surface area contributed by atoms with Crippen LogP contribution in [0, 0.1) is 0 Å². The molecule has 0 radical (unpaired) electrons. The molecule has 0 bridgehead atoms. The molecular formula is C32H31F3N6O3S. The fraction of sp³-hybridized carbons (Fsp3) is 0.312. The Hall–Kier alpha value is -4.52. The molecule has 4 aromatic rings. The van der Waals surface area contributed by atoms with E-state index in [1.165, 1.54) is 35.3 Å². The van der Waals surface area contributed by atoms with E-state index in [0.717, 1.165) is 46.8 Å². The zero-order chi connectivity index (χ0) is 31.7. The van der Waals surface area contributed by atoms with Crippen LogP contribution in [-0.2, 0) is 0 Å². The number of amides is 2. The van der Waals surface area contributed by atoms with Crippen molar-refractivity contribution in [3.8, 4) is 28.6 Å². The van der Waals surface area contributed by atoms with Crippen molar-refractivity contribution < 1.29 is 27.4 Å². The maximum absolute atomic E-state index is 12.9. The Morgan fingerprint density at radius 3 is 2.49 bits per heavy atom. The van der Waals surface area contributed by atoms with Crippen molar-refractivity contribution in [2.45, 2.75) is 44.5 Å². The number of benzene rings is 3. The van der Waals surface area contributed by atoms with Crippen molar-refractivity contribution >= 4 is 28.6 Å². The van der Waals surface area contributed by atoms with Crippen LogP contribution < -0.4 is 19.7 Å². The number of thioether (sulfide) groups is 1. The normalized spacial score (nSPS) is 18.8. The number of carbonyl (C=O) groups is 1. The molecule has 234 valence electrons. The first-order valence-corrected chi connectivity index (χ1v) is 15.4. The molecule has 6 rings (SSSR count). The number of carbonyl (C=O) groups excluding carboxylic acids is 1. The Morgan fingerprint density at radius 2 is 1.80 bits per heavy atom. The molecule has 1 aliphatic heterocycles. The van der Waals surface area contributed by atoms with Gasteiger partial charge in [-0.05, 0) is 65.9 Å². The van der Waals surface area contributed by atoms with Crippen molar-refractivity contribution in [3.63, 3.8) is 0 Å². The predicted octanol–water partition coefficient (Wildman–Crippen LogP) is 7.14. The van der Waals surface area contributed by atoms with Crippen molar-refractivity contribution in [3.05, 3.63) is 84.2 Å². The number of ether oxygens (including phenoxy) is 2. The van der Waals surface area contributed by atoms with Crippen LogP contribution in [0.4, 0.5) is 23.7 Å². The number of methoxy groups -OCH3 is 1. The van der Waals surface area contributed by atoms with Crippen molar-refractivity contribution in [2.24, 2.45) is 4.99 Å². The molecule has 2 heterocycles. The van der Waals surface area contributed by atoms with Crippen LogP contribution in [0.25, 0.3) is 17.1 Å². The summed E-state index contributed by atoms with van der Waals surface area (Å²) in [6.07, 6.45) is -2.43. The van der Waals surface area contributed by atoms with Gasteiger partial charge in [0.1, 0.15) is 17.8 Å². The van der Waals surface area contributed by atoms with Gasteiger partial charge in [0.05, 0.1) is 12.8 Å². The summed E-state index contributed by atoms with van der Waals surface area (Å²) in [5.41, 5.74) is 4.61. The number of hydrogen-bond acceptors (Lipinski definition) is 6. The van der Waals surface area contributed by atoms with Gasteiger partial charge in [0.25, 0.3) is 0 Å². The van der Waals surface area contributed by atoms with Gasteiger partial charge in [-0.3, -0.25) is 0 Å². The van der Waals surface area contributed by atoms with Gasteiger partial charge in [-0.2, -0.15) is 4.99 Å². The highest BCUT2D eigenvalue weighted by Gasteiger charge is 2.40. The molecule has 1 saturated carbocycles. The molecule has 1 aromatic heterocycles. The second-order valence-electron chi connectivity index (χ2n) is 11.0. The van der Waals surface area contributed by atoms with Gasteiger partial charge in [-0.15, -0.1) is 18.3 Å². The highest BCUT2D eigenvalue weighted by molar-refractivity contribution is 8.14. The Bertz CT molecular complexity index is 1710. The molecule has 2 fully saturated rings. The summed E-state index contributed by atoms with van der Waals surface area (Å²) in [6.45, 7) is 5.05. The van der Waals surface area contributed by atoms with Gasteiger partial charge < -0.3 is 19.7 Å². The zero-order valence-corrected chi connectivity index (χ0v) is 25.6. The van der Waals surface area contributed by atoms with Crippen LogP contribution >= 0.6 is 11.8 Å². The number of rotatable bonds is 8. The molecule has 1 aliphatic carbocycles. The number of alkyl halides is 3. The van der Waals surface area contributed by atoms with Gasteiger partial charge in [0.15, 0.2) is 11.0 Å². The van der Waals surface area contributed by atoms with Gasteiger partial charge in [-0.25, -0.2) is 14.5 Å². The molecule has 1 N–H and O–H groups in total. The fourth-order valence-electron chi connectivity index (χ4n) is 5.29. The van der Waals surface area contributed by atoms with Crippen LogP contribution in [-0.4, -0.2) is 57.8 Å². The third-order valence-corrected chi connectivity index (χ3v) is 8.60. The number of hydrogen-bond donors (Lipinski definition) is 1. The van der Waals surface area contributed by atoms with E-state index in [4.69, 9.17) is 4.74 Å². The predicted molar refractivity (Wildman–Crippen MR) is 167 cm³/mol. The van der Waals surface area contributed by atoms with E-state index < -0.39 is 6.36 Å². The van der Waals surface area contributed by atoms with E-state index in [2.05, 4.69) is 43.9 Å². The minimum absolute atomic E-state index is 0.00129. The lowest BCUT2D eigenvalue weighted by atomic mass is 10.00. The smallest absolute Gasteiger partial charge is 0.497 e. The molecule has 0 spiro atoms. The highest BCUT2D eigenvalue weighted by atomic mass is 32.2. The number of urea groups is 1. The van der Waals surface area contributed by atoms with Gasteiger partial charge in [-0.1, -0.05) is 49.9 Å². The topological polar surface area (TPSA) is 93.9 Å². The molecule has 2 aliphatic rings. The van der Waals surface area contributed by atoms with E-state index in [0.29, 0.717) is 16.7 Å². The molecule has 9 nitrogen and oxygen atoms in total. The van der Waals surface area contributed by atoms with Crippen LogP contribution in [0.3, 0.4) is 0 Å². The lowest BCUT2D eigenvalue weighted by Gasteiger charge is -2.23. The summed E-state index contributed by atoms with van der Waals surface area (Å²) >= 11 is 1.57. The van der Waals surface area contributed by atoms with Crippen LogP contribution in [0.1, 0.15) is 43.2 Å². The second-order valence-corrected chi connectivity index (χ2v) is 12.1. The largest absolute Gasteiger partial charge is 0.573 e. The van der Waals surface area contributed by atoms with E-state index in [9.17, 15) is 18.0 Å². The monoisotopic (exact) mass is 636 g/mol. The molecule has 2 amide bonds. The summed E-state index contributed by atoms with van der Waals surface area (Å²) < 4.78 is 48.1. The lowest BCUT2D eigenvalue weighted by Crippen LogP contribution is -2.29. The molecule has 45 heavy (non-hydrogen) atoms. The van der Waals surface area contributed by atoms with Crippen molar-refractivity contribution in [1.82, 2.24) is 20.1 Å². The lowest BCUT2D eigenvalue weighted by molar-refractivity contribution is -0.274. The summed E-state index contributed by atoms with van der Waals surface area (Å²) in [5.74, 6) is 2.29. The summed E-state index contributed by atoms with van der Waals surface area (Å²) in [7, 11) is 1.66. The number of halogens is 3. The molecule has 2 atom stereocenters. The van der Waals surface area contributed by atoms with E-state index in [-0.39, 0.29) is 29.7 Å². The van der Waals surface area contributed by atoms with Crippen molar-refractivity contribution in [2.75, 3.05) is 24.3 Å². The number of anilines is 1. The molecule has 13 heteroatoms. The van der Waals surface area contributed by atoms with Gasteiger partial charge in [0, 0.05) is 35.5 Å². The minimum atomic E-state index is -4.75. The van der Waals surface area contributed by atoms with E-state index in [1.54, 1.807) is 18.9 Å². The Balaban J connectivity index is 1.06. The number of amidine groups is 1. The van der Waals surface area contributed by atoms with Crippen LogP contribution in [0.15, 0.2) is 78.0 Å². The SMILES string of the molecule is COc1ccc(N2CCSC2=NC(=O)NC2CC2c2ccc(-c3ncn(-c4ccc(OC(F)(F)F)cc4)n3)cc2)c(C(C)C)c1. The second kappa shape index (κ2) is 12.5. The first-order chi connectivity index (χ1) is 21.6. The van der Waals surface area contributed by atoms with E-state index in [1.807, 2.05) is 42.5 Å². The fourth-order valence-corrected chi connectivity index (χ4v) is 6.24. The summed E-state index contributed by atoms with van der Waals surface area (Å²) in [4.78, 5) is 23.8. The number of nitrogens with one attached hydrogen (secondary N) is 1. The third kappa shape index (κ3) is 7.08. The first-order valence-electron chi connectivity index (χ1n) is 14.4. The summed E-state index contributed by atoms with van der Waals surface area (Å²) in [5, 5.41) is 8.21. The quantitative estimate of drug-likeness (QED) is 0.220. The number of nitrogens with zero attached hydrogens (tertiary/aromatic N) is 5. The number of aromatic nitrogens is 3. The molecule has 1 saturated heterocycles. The van der Waals surface area contributed by atoms with Crippen LogP contribution in [0.2, 0.25) is 0 Å². The maximum Gasteiger partial charge on any atom is 0.573 e. The van der Waals surface area contributed by atoms with Crippen LogP contribution in [0.5, 0.6) is 11.5 Å². The zero-order valence-electron chi connectivity index (χ0n) is 24.8. The average Bonchev–Trinajstić information content (AvgIpc) is 3.36. The average molecular weight is 637 g/mol. The van der Waals surface area contributed by atoms with E-state index >= 15 is 0 Å². The standard InChI is InChI=1S/C32H31F3N6O3S/c1-19(2)25-16-24(43-3)12-13-28(25)40-14-15-45-31(40)38-30(42)37-27-17-26(27)20-4-6-21(7-5-20)29-36-18-41(39-29)22-8-10-23(11-9-22)44-32(33,34)35/h4-13,16,18-19,26-27H,14-15,17H2,1-3H3,(H,37,42). The number of aliphatic imine (C=N–C) groups is 1. The third-order valence-electron chi connectivity index (χ3n) is 7.64. The molecule has 2 unspecified atom stereocenters. The Labute approximate surface area is 262 Å². The highest BCUT2D eigenvalue weighted by Crippen LogP contribution is 2.41. The van der Waals surface area contributed by atoms with Crippen molar-refractivity contribution in [1.29, 1.82) is 0 Å². The summed E-state index contributed by atoms with van der Waals surface area (Å²) in [6, 6.07) is 18.9. The Kier molecular flexibility index (Phi) is 8.45. The maximum atomic E-state index is 12.9. The Morgan fingerprint density at radius 1 is 1.07 bits per heavy atom. The minimum Gasteiger partial charge on any atom is -0.497 e. The molecular weight excluding hydrogens is 605 g/mol.